The number of hydrogen-bond donors (Lipinski definition) is 3. The molecule has 0 radical (unpaired) electrons. The number of aliphatic carboxylic acids is 2. The first-order chi connectivity index (χ1) is 15.5. The number of carbonyl (C=O) groups is 2. The van der Waals surface area contributed by atoms with E-state index in [9.17, 15) is 14.7 Å². The number of nitrogens with zero attached hydrogens (tertiary/aromatic N) is 1. The molecule has 32 heavy (non-hydrogen) atoms. The zero-order chi connectivity index (χ0) is 22.8. The molecule has 2 heterocycles. The van der Waals surface area contributed by atoms with Crippen molar-refractivity contribution in [2.45, 2.75) is 31.6 Å². The van der Waals surface area contributed by atoms with Crippen molar-refractivity contribution < 1.29 is 19.8 Å². The fraction of sp³-hybridized carbons (Fsp3) is 0.462. The van der Waals surface area contributed by atoms with Gasteiger partial charge in [0.2, 0.25) is 0 Å². The Labute approximate surface area is 190 Å². The number of carboxylic acid groups (broad SMARTS) is 2. The topological polar surface area (TPSA) is 89.9 Å². The smallest absolute Gasteiger partial charge is 0.307 e. The van der Waals surface area contributed by atoms with Gasteiger partial charge in [-0.25, -0.2) is 0 Å². The predicted octanol–water partition coefficient (Wildman–Crippen LogP) is 3.69. The quantitative estimate of drug-likeness (QED) is 0.637. The summed E-state index contributed by atoms with van der Waals surface area (Å²) in [6, 6.07) is 21.0. The summed E-state index contributed by atoms with van der Waals surface area (Å²) in [6.45, 7) is 4.14. The van der Waals surface area contributed by atoms with Crippen molar-refractivity contribution >= 4 is 11.9 Å². The third-order valence-electron chi connectivity index (χ3n) is 6.35. The largest absolute Gasteiger partial charge is 0.481 e. The van der Waals surface area contributed by atoms with E-state index >= 15 is 0 Å². The van der Waals surface area contributed by atoms with E-state index in [4.69, 9.17) is 5.11 Å². The van der Waals surface area contributed by atoms with Crippen molar-refractivity contribution in [2.24, 2.45) is 11.8 Å². The predicted molar refractivity (Wildman–Crippen MR) is 125 cm³/mol. The summed E-state index contributed by atoms with van der Waals surface area (Å²) < 4.78 is 0. The van der Waals surface area contributed by atoms with Crippen LogP contribution in [0.15, 0.2) is 60.7 Å². The van der Waals surface area contributed by atoms with Crippen LogP contribution < -0.4 is 5.32 Å². The molecule has 172 valence electrons. The molecule has 2 aromatic carbocycles. The van der Waals surface area contributed by atoms with E-state index in [1.807, 2.05) is 12.1 Å². The summed E-state index contributed by atoms with van der Waals surface area (Å²) in [5, 5.41) is 20.8. The van der Waals surface area contributed by atoms with Crippen LogP contribution in [-0.4, -0.2) is 59.8 Å². The van der Waals surface area contributed by atoms with Crippen LogP contribution in [0.1, 0.15) is 42.7 Å². The van der Waals surface area contributed by atoms with Crippen molar-refractivity contribution in [1.82, 2.24) is 10.2 Å². The number of nitrogens with one attached hydrogen (secondary N) is 1. The number of piperidine rings is 2. The zero-order valence-corrected chi connectivity index (χ0v) is 18.5. The lowest BCUT2D eigenvalue weighted by molar-refractivity contribution is -0.144. The highest BCUT2D eigenvalue weighted by atomic mass is 16.4. The summed E-state index contributed by atoms with van der Waals surface area (Å²) >= 11 is 0. The molecule has 3 N–H and O–H groups in total. The molecule has 2 aliphatic heterocycles. The SMILES string of the molecule is O=C(O)C1CCCN(CC(c2ccccc2)c2ccccc2)C1.O=C(O)C1CCCNC1. The van der Waals surface area contributed by atoms with Gasteiger partial charge in [0.25, 0.3) is 0 Å². The van der Waals surface area contributed by atoms with Crippen molar-refractivity contribution in [1.29, 1.82) is 0 Å². The molecule has 2 fully saturated rings. The zero-order valence-electron chi connectivity index (χ0n) is 18.5. The van der Waals surface area contributed by atoms with Crippen LogP contribution >= 0.6 is 0 Å². The van der Waals surface area contributed by atoms with Crippen LogP contribution in [0, 0.1) is 11.8 Å². The summed E-state index contributed by atoms with van der Waals surface area (Å²) in [5.41, 5.74) is 2.58. The maximum absolute atomic E-state index is 11.3. The van der Waals surface area contributed by atoms with Crippen LogP contribution in [0.4, 0.5) is 0 Å². The first kappa shape index (κ1) is 24.0. The van der Waals surface area contributed by atoms with E-state index in [-0.39, 0.29) is 17.8 Å². The van der Waals surface area contributed by atoms with Crippen LogP contribution in [-0.2, 0) is 9.59 Å². The minimum Gasteiger partial charge on any atom is -0.481 e. The monoisotopic (exact) mass is 438 g/mol. The lowest BCUT2D eigenvalue weighted by Crippen LogP contribution is -2.40. The standard InChI is InChI=1S/C20H23NO2.C6H11NO2/c22-20(23)18-12-7-13-21(14-18)15-19(16-8-3-1-4-9-16)17-10-5-2-6-11-17;8-6(9)5-2-1-3-7-4-5/h1-6,8-11,18-19H,7,12-15H2,(H,22,23);5,7H,1-4H2,(H,8,9). The second-order valence-electron chi connectivity index (χ2n) is 8.69. The molecular formula is C26H34N2O4. The summed E-state index contributed by atoms with van der Waals surface area (Å²) in [7, 11) is 0. The molecule has 4 rings (SSSR count). The van der Waals surface area contributed by atoms with Gasteiger partial charge >= 0.3 is 11.9 Å². The second-order valence-corrected chi connectivity index (χ2v) is 8.69. The Bertz CT molecular complexity index is 798. The first-order valence-electron chi connectivity index (χ1n) is 11.5. The first-order valence-corrected chi connectivity index (χ1v) is 11.5. The van der Waals surface area contributed by atoms with Gasteiger partial charge in [-0.05, 0) is 49.9 Å². The Morgan fingerprint density at radius 2 is 1.44 bits per heavy atom. The molecule has 6 heteroatoms. The van der Waals surface area contributed by atoms with Gasteiger partial charge in [-0.2, -0.15) is 0 Å². The normalized spacial score (nSPS) is 21.4. The fourth-order valence-corrected chi connectivity index (χ4v) is 4.52. The minimum absolute atomic E-state index is 0.140. The summed E-state index contributed by atoms with van der Waals surface area (Å²) in [4.78, 5) is 23.9. The second kappa shape index (κ2) is 12.4. The Balaban J connectivity index is 0.000000269. The lowest BCUT2D eigenvalue weighted by atomic mass is 9.89. The maximum Gasteiger partial charge on any atom is 0.307 e. The van der Waals surface area contributed by atoms with E-state index < -0.39 is 11.9 Å². The van der Waals surface area contributed by atoms with Gasteiger partial charge < -0.3 is 20.4 Å². The Morgan fingerprint density at radius 1 is 0.875 bits per heavy atom. The molecule has 0 saturated carbocycles. The molecule has 2 aliphatic rings. The van der Waals surface area contributed by atoms with E-state index in [0.29, 0.717) is 13.1 Å². The maximum atomic E-state index is 11.3. The number of carboxylic acids is 2. The Hall–Kier alpha value is -2.70. The van der Waals surface area contributed by atoms with Crippen LogP contribution in [0.25, 0.3) is 0 Å². The Kier molecular flexibility index (Phi) is 9.26. The van der Waals surface area contributed by atoms with Gasteiger partial charge in [0.05, 0.1) is 11.8 Å². The molecule has 6 nitrogen and oxygen atoms in total. The number of rotatable bonds is 6. The average Bonchev–Trinajstić information content (AvgIpc) is 2.85. The molecule has 0 spiro atoms. The van der Waals surface area contributed by atoms with Gasteiger partial charge in [-0.15, -0.1) is 0 Å². The molecule has 2 saturated heterocycles. The van der Waals surface area contributed by atoms with Crippen molar-refractivity contribution in [3.63, 3.8) is 0 Å². The Morgan fingerprint density at radius 3 is 1.91 bits per heavy atom. The van der Waals surface area contributed by atoms with Gasteiger partial charge in [0, 0.05) is 25.6 Å². The highest BCUT2D eigenvalue weighted by Crippen LogP contribution is 2.27. The lowest BCUT2D eigenvalue weighted by Gasteiger charge is -2.33. The molecule has 2 atom stereocenters. The third-order valence-corrected chi connectivity index (χ3v) is 6.35. The number of benzene rings is 2. The van der Waals surface area contributed by atoms with Crippen LogP contribution in [0.5, 0.6) is 0 Å². The van der Waals surface area contributed by atoms with Gasteiger partial charge in [0.1, 0.15) is 0 Å². The number of hydrogen-bond acceptors (Lipinski definition) is 4. The number of likely N-dealkylation sites (tertiary alicyclic amines) is 1. The fourth-order valence-electron chi connectivity index (χ4n) is 4.52. The van der Waals surface area contributed by atoms with Gasteiger partial charge in [0.15, 0.2) is 0 Å². The molecule has 0 aliphatic carbocycles. The summed E-state index contributed by atoms with van der Waals surface area (Å²) in [6.07, 6.45) is 3.60. The molecule has 0 amide bonds. The van der Waals surface area contributed by atoms with Crippen molar-refractivity contribution in [2.75, 3.05) is 32.7 Å². The molecule has 0 aromatic heterocycles. The van der Waals surface area contributed by atoms with Gasteiger partial charge in [-0.1, -0.05) is 60.7 Å². The molecule has 0 bridgehead atoms. The molecule has 2 unspecified atom stereocenters. The van der Waals surface area contributed by atoms with E-state index in [0.717, 1.165) is 45.3 Å². The van der Waals surface area contributed by atoms with E-state index in [1.54, 1.807) is 0 Å². The van der Waals surface area contributed by atoms with Crippen molar-refractivity contribution in [3.8, 4) is 0 Å². The van der Waals surface area contributed by atoms with Crippen LogP contribution in [0.2, 0.25) is 0 Å². The van der Waals surface area contributed by atoms with E-state index in [2.05, 4.69) is 58.7 Å². The van der Waals surface area contributed by atoms with Crippen molar-refractivity contribution in [3.05, 3.63) is 71.8 Å². The van der Waals surface area contributed by atoms with E-state index in [1.165, 1.54) is 11.1 Å². The highest BCUT2D eigenvalue weighted by molar-refractivity contribution is 5.70. The minimum atomic E-state index is -0.665. The highest BCUT2D eigenvalue weighted by Gasteiger charge is 2.27. The molecular weight excluding hydrogens is 404 g/mol. The molecule has 2 aromatic rings. The average molecular weight is 439 g/mol. The van der Waals surface area contributed by atoms with Gasteiger partial charge in [-0.3, -0.25) is 9.59 Å². The summed E-state index contributed by atoms with van der Waals surface area (Å²) in [5.74, 6) is -1.41. The van der Waals surface area contributed by atoms with Crippen LogP contribution in [0.3, 0.4) is 0 Å². The third kappa shape index (κ3) is 7.18.